The Labute approximate surface area is 150 Å². The molecule has 2 aromatic rings. The van der Waals surface area contributed by atoms with Crippen molar-refractivity contribution in [2.75, 3.05) is 6.54 Å². The fourth-order valence-corrected chi connectivity index (χ4v) is 3.69. The van der Waals surface area contributed by atoms with E-state index in [2.05, 4.69) is 29.4 Å². The molecule has 1 atom stereocenters. The Morgan fingerprint density at radius 3 is 2.72 bits per heavy atom. The molecule has 25 heavy (non-hydrogen) atoms. The van der Waals surface area contributed by atoms with E-state index < -0.39 is 0 Å². The molecule has 0 N–H and O–H groups in total. The lowest BCUT2D eigenvalue weighted by Gasteiger charge is -2.23. The molecule has 1 aliphatic rings. The molecule has 4 nitrogen and oxygen atoms in total. The summed E-state index contributed by atoms with van der Waals surface area (Å²) in [5, 5.41) is 4.40. The number of nitrogens with zero attached hydrogens (tertiary/aromatic N) is 3. The quantitative estimate of drug-likeness (QED) is 0.781. The van der Waals surface area contributed by atoms with E-state index in [-0.39, 0.29) is 5.91 Å². The highest BCUT2D eigenvalue weighted by atomic mass is 16.2. The highest BCUT2D eigenvalue weighted by Gasteiger charge is 2.27. The van der Waals surface area contributed by atoms with Crippen LogP contribution in [-0.4, -0.2) is 33.2 Å². The monoisotopic (exact) mass is 337 g/mol. The highest BCUT2D eigenvalue weighted by Crippen LogP contribution is 2.23. The number of likely N-dealkylation sites (tertiary alicyclic amines) is 1. The predicted molar refractivity (Wildman–Crippen MR) is 101 cm³/mol. The number of aryl methyl sites for hydroxylation is 3. The van der Waals surface area contributed by atoms with Gasteiger partial charge in [0, 0.05) is 37.0 Å². The number of hydrogen-bond donors (Lipinski definition) is 0. The Kier molecular flexibility index (Phi) is 5.37. The van der Waals surface area contributed by atoms with Gasteiger partial charge in [0.1, 0.15) is 0 Å². The minimum atomic E-state index is 0.123. The molecule has 0 spiro atoms. The predicted octanol–water partition coefficient (Wildman–Crippen LogP) is 3.67. The first kappa shape index (κ1) is 17.5. The molecule has 1 aliphatic heterocycles. The van der Waals surface area contributed by atoms with Crippen molar-refractivity contribution in [3.63, 3.8) is 0 Å². The Morgan fingerprint density at radius 1 is 1.28 bits per heavy atom. The molecule has 0 radical (unpaired) electrons. The van der Waals surface area contributed by atoms with Gasteiger partial charge in [0.25, 0.3) is 0 Å². The number of aromatic nitrogens is 2. The standard InChI is InChI=1S/C21H27N3O/c1-16-20(17(2)23(3)22-16)13-14-21(25)24-15-7-10-19(24)12-11-18-8-5-4-6-9-18/h4-6,8-9,13-14,19H,7,10-12,15H2,1-3H3. The van der Waals surface area contributed by atoms with Crippen LogP contribution in [0.5, 0.6) is 0 Å². The molecule has 0 saturated carbocycles. The maximum atomic E-state index is 12.7. The van der Waals surface area contributed by atoms with Crippen molar-refractivity contribution < 1.29 is 4.79 Å². The number of rotatable bonds is 5. The maximum Gasteiger partial charge on any atom is 0.246 e. The van der Waals surface area contributed by atoms with Crippen molar-refractivity contribution >= 4 is 12.0 Å². The second-order valence-corrected chi connectivity index (χ2v) is 6.89. The third kappa shape index (κ3) is 4.01. The van der Waals surface area contributed by atoms with Crippen molar-refractivity contribution in [3.05, 3.63) is 58.9 Å². The van der Waals surface area contributed by atoms with E-state index in [1.54, 1.807) is 6.08 Å². The van der Waals surface area contributed by atoms with Gasteiger partial charge < -0.3 is 4.90 Å². The molecule has 1 amide bonds. The van der Waals surface area contributed by atoms with Crippen LogP contribution in [-0.2, 0) is 18.3 Å². The van der Waals surface area contributed by atoms with E-state index in [9.17, 15) is 4.79 Å². The number of carbonyl (C=O) groups excluding carboxylic acids is 1. The zero-order valence-electron chi connectivity index (χ0n) is 15.4. The third-order valence-corrected chi connectivity index (χ3v) is 5.23. The average Bonchev–Trinajstić information content (AvgIpc) is 3.17. The first-order valence-electron chi connectivity index (χ1n) is 9.09. The Balaban J connectivity index is 1.63. The van der Waals surface area contributed by atoms with Crippen LogP contribution in [0.3, 0.4) is 0 Å². The Morgan fingerprint density at radius 2 is 2.04 bits per heavy atom. The van der Waals surface area contributed by atoms with Gasteiger partial charge in [0.2, 0.25) is 5.91 Å². The number of hydrogen-bond acceptors (Lipinski definition) is 2. The van der Waals surface area contributed by atoms with Crippen LogP contribution in [0, 0.1) is 13.8 Å². The van der Waals surface area contributed by atoms with Gasteiger partial charge in [-0.2, -0.15) is 5.10 Å². The first-order valence-corrected chi connectivity index (χ1v) is 9.09. The summed E-state index contributed by atoms with van der Waals surface area (Å²) in [6, 6.07) is 10.9. The maximum absolute atomic E-state index is 12.7. The summed E-state index contributed by atoms with van der Waals surface area (Å²) in [5.74, 6) is 0.123. The number of carbonyl (C=O) groups is 1. The zero-order valence-corrected chi connectivity index (χ0v) is 15.4. The summed E-state index contributed by atoms with van der Waals surface area (Å²) in [6.07, 6.45) is 7.92. The van der Waals surface area contributed by atoms with E-state index in [4.69, 9.17) is 0 Å². The molecule has 0 aliphatic carbocycles. The fraction of sp³-hybridized carbons (Fsp3) is 0.429. The summed E-state index contributed by atoms with van der Waals surface area (Å²) >= 11 is 0. The molecule has 132 valence electrons. The normalized spacial score (nSPS) is 17.6. The average molecular weight is 337 g/mol. The number of amides is 1. The van der Waals surface area contributed by atoms with Gasteiger partial charge in [-0.15, -0.1) is 0 Å². The topological polar surface area (TPSA) is 38.1 Å². The van der Waals surface area contributed by atoms with E-state index in [0.717, 1.165) is 49.2 Å². The van der Waals surface area contributed by atoms with Crippen LogP contribution in [0.2, 0.25) is 0 Å². The molecule has 1 fully saturated rings. The molecule has 1 aromatic heterocycles. The summed E-state index contributed by atoms with van der Waals surface area (Å²) in [4.78, 5) is 14.7. The molecule has 0 bridgehead atoms. The smallest absolute Gasteiger partial charge is 0.246 e. The number of benzene rings is 1. The van der Waals surface area contributed by atoms with Crippen molar-refractivity contribution in [2.45, 2.75) is 45.6 Å². The largest absolute Gasteiger partial charge is 0.336 e. The summed E-state index contributed by atoms with van der Waals surface area (Å²) in [6.45, 7) is 4.88. The highest BCUT2D eigenvalue weighted by molar-refractivity contribution is 5.92. The molecule has 1 aromatic carbocycles. The van der Waals surface area contributed by atoms with Crippen molar-refractivity contribution in [3.8, 4) is 0 Å². The molecule has 2 heterocycles. The molecule has 4 heteroatoms. The molecular weight excluding hydrogens is 310 g/mol. The van der Waals surface area contributed by atoms with Gasteiger partial charge in [-0.1, -0.05) is 30.3 Å². The van der Waals surface area contributed by atoms with Gasteiger partial charge in [0.05, 0.1) is 5.69 Å². The summed E-state index contributed by atoms with van der Waals surface area (Å²) in [7, 11) is 1.93. The van der Waals surface area contributed by atoms with Gasteiger partial charge >= 0.3 is 0 Å². The SMILES string of the molecule is Cc1nn(C)c(C)c1C=CC(=O)N1CCCC1CCc1ccccc1. The molecule has 1 saturated heterocycles. The van der Waals surface area contributed by atoms with Crippen LogP contribution in [0.4, 0.5) is 0 Å². The third-order valence-electron chi connectivity index (χ3n) is 5.23. The van der Waals surface area contributed by atoms with Crippen LogP contribution < -0.4 is 0 Å². The van der Waals surface area contributed by atoms with E-state index in [1.807, 2.05) is 42.6 Å². The Hall–Kier alpha value is -2.36. The fourth-order valence-electron chi connectivity index (χ4n) is 3.69. The van der Waals surface area contributed by atoms with E-state index in [0.29, 0.717) is 6.04 Å². The van der Waals surface area contributed by atoms with Gasteiger partial charge in [-0.25, -0.2) is 0 Å². The van der Waals surface area contributed by atoms with Gasteiger partial charge in [0.15, 0.2) is 0 Å². The lowest BCUT2D eigenvalue weighted by Crippen LogP contribution is -2.34. The molecular formula is C21H27N3O. The zero-order chi connectivity index (χ0) is 17.8. The lowest BCUT2D eigenvalue weighted by atomic mass is 10.0. The lowest BCUT2D eigenvalue weighted by molar-refractivity contribution is -0.126. The van der Waals surface area contributed by atoms with Gasteiger partial charge in [-0.3, -0.25) is 9.48 Å². The van der Waals surface area contributed by atoms with Crippen LogP contribution in [0.1, 0.15) is 41.8 Å². The van der Waals surface area contributed by atoms with Crippen molar-refractivity contribution in [1.29, 1.82) is 0 Å². The first-order chi connectivity index (χ1) is 12.1. The molecule has 3 rings (SSSR count). The van der Waals surface area contributed by atoms with Crippen LogP contribution >= 0.6 is 0 Å². The minimum Gasteiger partial charge on any atom is -0.336 e. The summed E-state index contributed by atoms with van der Waals surface area (Å²) < 4.78 is 1.86. The van der Waals surface area contributed by atoms with E-state index >= 15 is 0 Å². The van der Waals surface area contributed by atoms with Crippen molar-refractivity contribution in [1.82, 2.24) is 14.7 Å². The van der Waals surface area contributed by atoms with E-state index in [1.165, 1.54) is 5.56 Å². The van der Waals surface area contributed by atoms with Crippen LogP contribution in [0.25, 0.3) is 6.08 Å². The molecule has 1 unspecified atom stereocenters. The van der Waals surface area contributed by atoms with Gasteiger partial charge in [-0.05, 0) is 51.2 Å². The minimum absolute atomic E-state index is 0.123. The van der Waals surface area contributed by atoms with Crippen LogP contribution in [0.15, 0.2) is 36.4 Å². The van der Waals surface area contributed by atoms with Crippen molar-refractivity contribution in [2.24, 2.45) is 7.05 Å². The second-order valence-electron chi connectivity index (χ2n) is 6.89. The Bertz CT molecular complexity index is 761. The summed E-state index contributed by atoms with van der Waals surface area (Å²) in [5.41, 5.74) is 4.45. The second kappa shape index (κ2) is 7.68.